The van der Waals surface area contributed by atoms with E-state index in [0.29, 0.717) is 23.4 Å². The van der Waals surface area contributed by atoms with Crippen LogP contribution < -0.4 is 20.7 Å². The highest BCUT2D eigenvalue weighted by atomic mass is 35.5. The molecule has 2 saturated carbocycles. The molecule has 5 rings (SSSR count). The molecule has 4 unspecified atom stereocenters. The van der Waals surface area contributed by atoms with Crippen LogP contribution >= 0.6 is 23.2 Å². The fourth-order valence-corrected chi connectivity index (χ4v) is 7.94. The van der Waals surface area contributed by atoms with Gasteiger partial charge in [-0.05, 0) is 79.5 Å². The Hall–Kier alpha value is -3.09. The van der Waals surface area contributed by atoms with Crippen LogP contribution in [-0.2, 0) is 22.1 Å². The molecule has 17 heteroatoms. The fourth-order valence-electron chi connectivity index (χ4n) is 5.90. The molecule has 4 atom stereocenters. The predicted octanol–water partition coefficient (Wildman–Crippen LogP) is 2.51. The Balaban J connectivity index is 1.15. The number of hydrogen-bond acceptors (Lipinski definition) is 11. The van der Waals surface area contributed by atoms with Gasteiger partial charge in [-0.2, -0.15) is 0 Å². The van der Waals surface area contributed by atoms with Crippen LogP contribution in [0.5, 0.6) is 5.75 Å². The van der Waals surface area contributed by atoms with Gasteiger partial charge in [-0.1, -0.05) is 41.4 Å². The minimum Gasteiger partial charge on any atom is -0.490 e. The maximum absolute atomic E-state index is 13.6. The van der Waals surface area contributed by atoms with Crippen molar-refractivity contribution in [3.63, 3.8) is 0 Å². The van der Waals surface area contributed by atoms with E-state index < -0.39 is 53.6 Å². The maximum atomic E-state index is 13.6. The first kappa shape index (κ1) is 41.1. The second kappa shape index (κ2) is 18.0. The van der Waals surface area contributed by atoms with E-state index in [0.717, 1.165) is 48.1 Å². The topological polar surface area (TPSA) is 214 Å². The molecule has 0 saturated heterocycles. The zero-order valence-electron chi connectivity index (χ0n) is 29.3. The van der Waals surface area contributed by atoms with Crippen molar-refractivity contribution in [3.05, 3.63) is 76.0 Å². The van der Waals surface area contributed by atoms with Gasteiger partial charge < -0.3 is 46.2 Å². The lowest BCUT2D eigenvalue weighted by molar-refractivity contribution is -0.113. The molecule has 2 aromatic carbocycles. The van der Waals surface area contributed by atoms with E-state index in [9.17, 15) is 33.6 Å². The molecule has 14 nitrogen and oxygen atoms in total. The number of benzene rings is 2. The van der Waals surface area contributed by atoms with Crippen molar-refractivity contribution in [1.29, 1.82) is 0 Å². The number of nitrogens with one attached hydrogen (secondary N) is 3. The lowest BCUT2D eigenvalue weighted by atomic mass is 9.94. The number of carbonyl (C=O) groups excluding carboxylic acids is 1. The van der Waals surface area contributed by atoms with Gasteiger partial charge in [0.15, 0.2) is 0 Å². The fraction of sp³-hybridized carbons (Fsp3) is 0.500. The number of aromatic nitrogens is 1. The Morgan fingerprint density at radius 3 is 2.42 bits per heavy atom. The summed E-state index contributed by atoms with van der Waals surface area (Å²) in [5, 5.41) is 56.6. The smallest absolute Gasteiger partial charge is 0.314 e. The number of sulfonamides is 1. The average Bonchev–Trinajstić information content (AvgIpc) is 4.10. The number of nitrogens with zero attached hydrogens (tertiary/aromatic N) is 2. The number of rotatable bonds is 20. The molecule has 0 spiro atoms. The summed E-state index contributed by atoms with van der Waals surface area (Å²) in [7, 11) is -2.57. The van der Waals surface area contributed by atoms with E-state index in [1.165, 1.54) is 23.5 Å². The molecule has 0 radical (unpaired) electrons. The SMILES string of the molecule is CN(CCCCNC(=O)NCC(O)C(O)C(O)C(O)CO)S(=O)(=O)c1cc(CNC2(c3cnccc3-c3ccccc3OC3CC3)CC2)c(Cl)cc1Cl. The highest BCUT2D eigenvalue weighted by Gasteiger charge is 2.46. The van der Waals surface area contributed by atoms with E-state index in [1.54, 1.807) is 6.20 Å². The van der Waals surface area contributed by atoms with Crippen LogP contribution in [-0.4, -0.2) is 113 Å². The van der Waals surface area contributed by atoms with Gasteiger partial charge >= 0.3 is 6.03 Å². The zero-order chi connectivity index (χ0) is 38.3. The number of urea groups is 1. The third kappa shape index (κ3) is 10.4. The Bertz CT molecular complexity index is 1830. The largest absolute Gasteiger partial charge is 0.490 e. The lowest BCUT2D eigenvalue weighted by Crippen LogP contribution is -2.50. The predicted molar refractivity (Wildman–Crippen MR) is 199 cm³/mol. The van der Waals surface area contributed by atoms with Crippen molar-refractivity contribution in [3.8, 4) is 16.9 Å². The number of aliphatic hydroxyl groups excluding tert-OH is 5. The summed E-state index contributed by atoms with van der Waals surface area (Å²) >= 11 is 13.0. The monoisotopic (exact) mass is 795 g/mol. The quantitative estimate of drug-likeness (QED) is 0.0779. The van der Waals surface area contributed by atoms with Crippen LogP contribution in [0.25, 0.3) is 11.1 Å². The van der Waals surface area contributed by atoms with Crippen LogP contribution in [0.15, 0.2) is 59.8 Å². The number of halogens is 2. The van der Waals surface area contributed by atoms with E-state index >= 15 is 0 Å². The van der Waals surface area contributed by atoms with Crippen LogP contribution in [0.3, 0.4) is 0 Å². The summed E-state index contributed by atoms with van der Waals surface area (Å²) in [5.74, 6) is 0.837. The number of amides is 2. The van der Waals surface area contributed by atoms with Crippen molar-refractivity contribution < 1.29 is 43.5 Å². The zero-order valence-corrected chi connectivity index (χ0v) is 31.6. The highest BCUT2D eigenvalue weighted by molar-refractivity contribution is 7.89. The first-order chi connectivity index (χ1) is 25.3. The van der Waals surface area contributed by atoms with Crippen LogP contribution in [0, 0.1) is 0 Å². The first-order valence-corrected chi connectivity index (χ1v) is 19.7. The van der Waals surface area contributed by atoms with E-state index in [-0.39, 0.29) is 41.2 Å². The molecule has 290 valence electrons. The number of unbranched alkanes of at least 4 members (excludes halogenated alkanes) is 1. The van der Waals surface area contributed by atoms with Crippen LogP contribution in [0.2, 0.25) is 10.0 Å². The minimum absolute atomic E-state index is 0.00224. The molecule has 2 fully saturated rings. The van der Waals surface area contributed by atoms with Crippen molar-refractivity contribution in [2.75, 3.05) is 33.3 Å². The normalized spacial score (nSPS) is 17.5. The van der Waals surface area contributed by atoms with E-state index in [1.807, 2.05) is 30.5 Å². The molecule has 53 heavy (non-hydrogen) atoms. The van der Waals surface area contributed by atoms with Gasteiger partial charge in [-0.3, -0.25) is 4.98 Å². The van der Waals surface area contributed by atoms with Crippen molar-refractivity contribution in [1.82, 2.24) is 25.2 Å². The Morgan fingerprint density at radius 2 is 1.72 bits per heavy atom. The molecule has 1 aromatic heterocycles. The Labute approximate surface area is 319 Å². The van der Waals surface area contributed by atoms with Crippen LogP contribution in [0.1, 0.15) is 49.7 Å². The number of carbonyl (C=O) groups is 1. The van der Waals surface area contributed by atoms with E-state index in [2.05, 4.69) is 27.0 Å². The summed E-state index contributed by atoms with van der Waals surface area (Å²) < 4.78 is 34.7. The molecule has 8 N–H and O–H groups in total. The number of ether oxygens (including phenoxy) is 1. The van der Waals surface area contributed by atoms with Crippen molar-refractivity contribution in [2.24, 2.45) is 0 Å². The molecular formula is C36H47Cl2N5O9S. The van der Waals surface area contributed by atoms with Crippen molar-refractivity contribution >= 4 is 39.3 Å². The van der Waals surface area contributed by atoms with Gasteiger partial charge in [0.05, 0.1) is 23.8 Å². The van der Waals surface area contributed by atoms with Gasteiger partial charge in [0.2, 0.25) is 10.0 Å². The maximum Gasteiger partial charge on any atom is 0.314 e. The third-order valence-corrected chi connectivity index (χ3v) is 12.1. The number of hydrogen-bond donors (Lipinski definition) is 8. The second-order valence-electron chi connectivity index (χ2n) is 13.5. The average molecular weight is 797 g/mol. The van der Waals surface area contributed by atoms with Gasteiger partial charge in [0.1, 0.15) is 29.0 Å². The summed E-state index contributed by atoms with van der Waals surface area (Å²) in [6.45, 7) is -0.652. The van der Waals surface area contributed by atoms with Crippen LogP contribution in [0.4, 0.5) is 4.79 Å². The van der Waals surface area contributed by atoms with Gasteiger partial charge in [-0.15, -0.1) is 0 Å². The molecule has 0 aliphatic heterocycles. The van der Waals surface area contributed by atoms with Gasteiger partial charge in [-0.25, -0.2) is 17.5 Å². The molecular weight excluding hydrogens is 749 g/mol. The Morgan fingerprint density at radius 1 is 1.00 bits per heavy atom. The molecule has 2 amide bonds. The molecule has 2 aliphatic carbocycles. The molecule has 0 bridgehead atoms. The third-order valence-electron chi connectivity index (χ3n) is 9.47. The van der Waals surface area contributed by atoms with E-state index in [4.69, 9.17) is 33.0 Å². The summed E-state index contributed by atoms with van der Waals surface area (Å²) in [6.07, 6.45) is 1.66. The van der Waals surface area contributed by atoms with Gasteiger partial charge in [0, 0.05) is 61.7 Å². The Kier molecular flexibility index (Phi) is 14.0. The number of para-hydroxylation sites is 1. The minimum atomic E-state index is -4.01. The number of aliphatic hydroxyl groups is 5. The summed E-state index contributed by atoms with van der Waals surface area (Å²) in [4.78, 5) is 16.5. The standard InChI is InChI=1S/C36H47Cl2N5O9S/c1-43(15-5-4-13-40-35(49)41-20-29(45)33(47)34(48)30(46)21-44)53(50,51)32-16-22(27(37)17-28(32)38)18-42-36(11-12-36)26-19-39-14-10-24(26)25-6-2-3-7-31(25)52-23-8-9-23/h2-3,6-7,10,14,16-17,19,23,29-30,33-34,42,44-48H,4-5,8-9,11-13,15,18,20-21H2,1H3,(H2,40,41,49). The lowest BCUT2D eigenvalue weighted by Gasteiger charge is -2.25. The first-order valence-electron chi connectivity index (χ1n) is 17.5. The molecule has 3 aromatic rings. The summed E-state index contributed by atoms with van der Waals surface area (Å²) in [5.41, 5.74) is 3.24. The van der Waals surface area contributed by atoms with Gasteiger partial charge in [0.25, 0.3) is 0 Å². The summed E-state index contributed by atoms with van der Waals surface area (Å²) in [6, 6.07) is 12.3. The van der Waals surface area contributed by atoms with Crippen molar-refractivity contribution in [2.45, 2.75) is 86.0 Å². The number of pyridine rings is 1. The molecule has 2 aliphatic rings. The second-order valence-corrected chi connectivity index (χ2v) is 16.3. The molecule has 1 heterocycles. The highest BCUT2D eigenvalue weighted by Crippen LogP contribution is 2.50.